The molecule has 2 unspecified atom stereocenters. The maximum absolute atomic E-state index is 11.5. The van der Waals surface area contributed by atoms with E-state index in [1.165, 1.54) is 9.75 Å². The fraction of sp³-hybridized carbons (Fsp3) is 0.643. The van der Waals surface area contributed by atoms with Crippen LogP contribution in [0.5, 0.6) is 0 Å². The summed E-state index contributed by atoms with van der Waals surface area (Å²) in [6.45, 7) is 3.70. The van der Waals surface area contributed by atoms with Gasteiger partial charge in [0.2, 0.25) is 0 Å². The molecule has 1 aliphatic rings. The summed E-state index contributed by atoms with van der Waals surface area (Å²) in [5.74, 6) is -0.695. The van der Waals surface area contributed by atoms with Gasteiger partial charge in [0.1, 0.15) is 6.04 Å². The minimum atomic E-state index is -0.695. The molecule has 5 heteroatoms. The van der Waals surface area contributed by atoms with Crippen LogP contribution in [0.25, 0.3) is 0 Å². The van der Waals surface area contributed by atoms with Gasteiger partial charge in [-0.05, 0) is 46.0 Å². The van der Waals surface area contributed by atoms with E-state index in [4.69, 9.17) is 0 Å². The number of aliphatic carboxylic acids is 1. The SMILES string of the molecule is Cc1ccc(CN2CCC(N(C)C)CC2C(=O)O)s1. The van der Waals surface area contributed by atoms with Crippen LogP contribution in [0, 0.1) is 6.92 Å². The first-order valence-corrected chi connectivity index (χ1v) is 7.47. The van der Waals surface area contributed by atoms with E-state index in [1.807, 2.05) is 14.1 Å². The molecule has 1 aromatic heterocycles. The van der Waals surface area contributed by atoms with Crippen LogP contribution < -0.4 is 0 Å². The number of carboxylic acid groups (broad SMARTS) is 1. The fourth-order valence-corrected chi connectivity index (χ4v) is 3.60. The van der Waals surface area contributed by atoms with Gasteiger partial charge in [-0.25, -0.2) is 0 Å². The number of aryl methyl sites for hydroxylation is 1. The molecule has 2 atom stereocenters. The zero-order valence-electron chi connectivity index (χ0n) is 11.8. The highest BCUT2D eigenvalue weighted by atomic mass is 32.1. The minimum absolute atomic E-state index is 0.358. The van der Waals surface area contributed by atoms with Gasteiger partial charge >= 0.3 is 5.97 Å². The van der Waals surface area contributed by atoms with Crippen molar-refractivity contribution in [3.05, 3.63) is 21.9 Å². The van der Waals surface area contributed by atoms with E-state index < -0.39 is 5.97 Å². The normalized spacial score (nSPS) is 24.8. The Hall–Kier alpha value is -0.910. The molecule has 0 radical (unpaired) electrons. The number of hydrogen-bond acceptors (Lipinski definition) is 4. The van der Waals surface area contributed by atoms with Gasteiger partial charge in [0.25, 0.3) is 0 Å². The first-order valence-electron chi connectivity index (χ1n) is 6.66. The summed E-state index contributed by atoms with van der Waals surface area (Å²) in [7, 11) is 4.06. The third-order valence-electron chi connectivity index (χ3n) is 3.86. The Morgan fingerprint density at radius 3 is 2.79 bits per heavy atom. The lowest BCUT2D eigenvalue weighted by Gasteiger charge is -2.39. The Labute approximate surface area is 118 Å². The van der Waals surface area contributed by atoms with Crippen molar-refractivity contribution >= 4 is 17.3 Å². The fourth-order valence-electron chi connectivity index (χ4n) is 2.68. The van der Waals surface area contributed by atoms with E-state index in [9.17, 15) is 9.90 Å². The summed E-state index contributed by atoms with van der Waals surface area (Å²) in [5.41, 5.74) is 0. The molecule has 0 spiro atoms. The molecule has 19 heavy (non-hydrogen) atoms. The lowest BCUT2D eigenvalue weighted by molar-refractivity contribution is -0.145. The van der Waals surface area contributed by atoms with E-state index in [1.54, 1.807) is 11.3 Å². The predicted molar refractivity (Wildman–Crippen MR) is 77.6 cm³/mol. The second-order valence-corrected chi connectivity index (χ2v) is 6.85. The molecule has 4 nitrogen and oxygen atoms in total. The summed E-state index contributed by atoms with van der Waals surface area (Å²) in [5, 5.41) is 9.43. The average molecular weight is 282 g/mol. The van der Waals surface area contributed by atoms with E-state index in [0.29, 0.717) is 12.5 Å². The van der Waals surface area contributed by atoms with Crippen LogP contribution in [0.15, 0.2) is 12.1 Å². The number of piperidine rings is 1. The van der Waals surface area contributed by atoms with E-state index in [0.717, 1.165) is 19.5 Å². The zero-order chi connectivity index (χ0) is 14.0. The molecule has 0 aromatic carbocycles. The molecule has 1 fully saturated rings. The summed E-state index contributed by atoms with van der Waals surface area (Å²) in [6, 6.07) is 4.23. The molecule has 1 aromatic rings. The Bertz CT molecular complexity index is 444. The van der Waals surface area contributed by atoms with Gasteiger partial charge in [-0.2, -0.15) is 0 Å². The summed E-state index contributed by atoms with van der Waals surface area (Å²) in [4.78, 5) is 18.3. The number of carboxylic acids is 1. The molecule has 1 N–H and O–H groups in total. The van der Waals surface area contributed by atoms with E-state index in [-0.39, 0.29) is 6.04 Å². The predicted octanol–water partition coefficient (Wildman–Crippen LogP) is 2.04. The van der Waals surface area contributed by atoms with Crippen molar-refractivity contribution in [3.8, 4) is 0 Å². The smallest absolute Gasteiger partial charge is 0.320 e. The number of rotatable bonds is 4. The average Bonchev–Trinajstić information content (AvgIpc) is 2.74. The van der Waals surface area contributed by atoms with E-state index in [2.05, 4.69) is 28.9 Å². The first-order chi connectivity index (χ1) is 8.97. The molecule has 1 saturated heterocycles. The Morgan fingerprint density at radius 2 is 2.26 bits per heavy atom. The van der Waals surface area contributed by atoms with Crippen LogP contribution in [-0.4, -0.2) is 53.6 Å². The van der Waals surface area contributed by atoms with Crippen LogP contribution in [0.3, 0.4) is 0 Å². The Kier molecular flexibility index (Phi) is 4.60. The summed E-state index contributed by atoms with van der Waals surface area (Å²) >= 11 is 1.76. The lowest BCUT2D eigenvalue weighted by atomic mass is 9.96. The third kappa shape index (κ3) is 3.55. The highest BCUT2D eigenvalue weighted by Gasteiger charge is 2.34. The van der Waals surface area contributed by atoms with Crippen LogP contribution in [0.1, 0.15) is 22.6 Å². The topological polar surface area (TPSA) is 43.8 Å². The molecule has 106 valence electrons. The van der Waals surface area contributed by atoms with Crippen molar-refractivity contribution in [2.24, 2.45) is 0 Å². The van der Waals surface area contributed by atoms with Crippen molar-refractivity contribution in [2.75, 3.05) is 20.6 Å². The van der Waals surface area contributed by atoms with Gasteiger partial charge in [0.05, 0.1) is 0 Å². The second kappa shape index (κ2) is 6.03. The van der Waals surface area contributed by atoms with Crippen molar-refractivity contribution in [1.29, 1.82) is 0 Å². The standard InChI is InChI=1S/C14H22N2O2S/c1-10-4-5-12(19-10)9-16-7-6-11(15(2)3)8-13(16)14(17)18/h4-5,11,13H,6-9H2,1-3H3,(H,17,18). The number of hydrogen-bond donors (Lipinski definition) is 1. The first kappa shape index (κ1) is 14.5. The third-order valence-corrected chi connectivity index (χ3v) is 4.84. The molecule has 2 heterocycles. The molecule has 1 aliphatic heterocycles. The van der Waals surface area contributed by atoms with Gasteiger partial charge in [0.15, 0.2) is 0 Å². The largest absolute Gasteiger partial charge is 0.480 e. The summed E-state index contributed by atoms with van der Waals surface area (Å²) < 4.78 is 0. The Morgan fingerprint density at radius 1 is 1.53 bits per heavy atom. The van der Waals surface area contributed by atoms with Crippen molar-refractivity contribution in [3.63, 3.8) is 0 Å². The molecule has 0 amide bonds. The quantitative estimate of drug-likeness (QED) is 0.918. The van der Waals surface area contributed by atoms with Crippen molar-refractivity contribution < 1.29 is 9.90 Å². The number of carbonyl (C=O) groups is 1. The molecule has 2 rings (SSSR count). The minimum Gasteiger partial charge on any atom is -0.480 e. The highest BCUT2D eigenvalue weighted by molar-refractivity contribution is 7.11. The van der Waals surface area contributed by atoms with Crippen LogP contribution in [-0.2, 0) is 11.3 Å². The lowest BCUT2D eigenvalue weighted by Crippen LogP contribution is -2.51. The number of likely N-dealkylation sites (tertiary alicyclic amines) is 1. The van der Waals surface area contributed by atoms with Gasteiger partial charge in [-0.1, -0.05) is 0 Å². The highest BCUT2D eigenvalue weighted by Crippen LogP contribution is 2.25. The van der Waals surface area contributed by atoms with Crippen molar-refractivity contribution in [1.82, 2.24) is 9.80 Å². The monoisotopic (exact) mass is 282 g/mol. The van der Waals surface area contributed by atoms with Gasteiger partial charge in [-0.15, -0.1) is 11.3 Å². The molecule has 0 aliphatic carbocycles. The Balaban J connectivity index is 2.05. The molecular formula is C14H22N2O2S. The molecule has 0 bridgehead atoms. The van der Waals surface area contributed by atoms with Crippen LogP contribution in [0.4, 0.5) is 0 Å². The van der Waals surface area contributed by atoms with Gasteiger partial charge < -0.3 is 10.0 Å². The second-order valence-electron chi connectivity index (χ2n) is 5.48. The molecular weight excluding hydrogens is 260 g/mol. The van der Waals surface area contributed by atoms with Crippen molar-refractivity contribution in [2.45, 2.75) is 38.4 Å². The van der Waals surface area contributed by atoms with Crippen LogP contribution >= 0.6 is 11.3 Å². The maximum Gasteiger partial charge on any atom is 0.320 e. The zero-order valence-corrected chi connectivity index (χ0v) is 12.6. The maximum atomic E-state index is 11.5. The van der Waals surface area contributed by atoms with Gasteiger partial charge in [0, 0.05) is 28.9 Å². The number of thiophene rings is 1. The van der Waals surface area contributed by atoms with Gasteiger partial charge in [-0.3, -0.25) is 9.69 Å². The van der Waals surface area contributed by atoms with E-state index >= 15 is 0 Å². The molecule has 0 saturated carbocycles. The van der Waals surface area contributed by atoms with Crippen LogP contribution in [0.2, 0.25) is 0 Å². The summed E-state index contributed by atoms with van der Waals surface area (Å²) in [6.07, 6.45) is 1.76. The number of nitrogens with zero attached hydrogens (tertiary/aromatic N) is 2.